The zero-order valence-electron chi connectivity index (χ0n) is 13.5. The Morgan fingerprint density at radius 2 is 1.75 bits per heavy atom. The maximum Gasteiger partial charge on any atom is 0.240 e. The molecule has 128 valence electrons. The van der Waals surface area contributed by atoms with Gasteiger partial charge in [0.05, 0.1) is 4.90 Å². The lowest BCUT2D eigenvalue weighted by Gasteiger charge is -2.10. The zero-order chi connectivity index (χ0) is 17.7. The van der Waals surface area contributed by atoms with E-state index in [0.717, 1.165) is 10.0 Å². The summed E-state index contributed by atoms with van der Waals surface area (Å²) in [6.07, 6.45) is 0.0558. The van der Waals surface area contributed by atoms with Crippen LogP contribution >= 0.6 is 15.9 Å². The summed E-state index contributed by atoms with van der Waals surface area (Å²) in [4.78, 5) is 12.1. The summed E-state index contributed by atoms with van der Waals surface area (Å²) >= 11 is 3.32. The van der Waals surface area contributed by atoms with Crippen LogP contribution in [0, 0.1) is 13.8 Å². The molecule has 2 rings (SSSR count). The first-order valence-corrected chi connectivity index (χ1v) is 9.68. The lowest BCUT2D eigenvalue weighted by molar-refractivity contribution is -0.116. The molecular formula is C17H19BrN2O3S. The number of nitrogens with one attached hydrogen (secondary N) is 2. The van der Waals surface area contributed by atoms with Crippen LogP contribution in [0.2, 0.25) is 0 Å². The van der Waals surface area contributed by atoms with E-state index >= 15 is 0 Å². The van der Waals surface area contributed by atoms with Gasteiger partial charge in [-0.3, -0.25) is 4.79 Å². The Labute approximate surface area is 150 Å². The molecule has 0 spiro atoms. The molecule has 0 aliphatic heterocycles. The molecule has 0 saturated heterocycles. The molecule has 0 bridgehead atoms. The number of sulfonamides is 1. The van der Waals surface area contributed by atoms with Gasteiger partial charge in [-0.2, -0.15) is 0 Å². The van der Waals surface area contributed by atoms with Crippen molar-refractivity contribution in [1.29, 1.82) is 0 Å². The molecule has 0 radical (unpaired) electrons. The molecule has 0 saturated carbocycles. The van der Waals surface area contributed by atoms with E-state index in [9.17, 15) is 13.2 Å². The van der Waals surface area contributed by atoms with E-state index in [1.807, 2.05) is 25.1 Å². The molecule has 2 N–H and O–H groups in total. The first-order chi connectivity index (χ1) is 11.3. The molecule has 1 amide bonds. The fourth-order valence-electron chi connectivity index (χ4n) is 2.23. The van der Waals surface area contributed by atoms with Crippen molar-refractivity contribution in [3.05, 3.63) is 58.1 Å². The molecule has 7 heteroatoms. The highest BCUT2D eigenvalue weighted by Crippen LogP contribution is 2.16. The summed E-state index contributed by atoms with van der Waals surface area (Å²) in [5.74, 6) is -0.249. The molecule has 0 aromatic heterocycles. The number of carbonyl (C=O) groups excluding carboxylic acids is 1. The normalized spacial score (nSPS) is 11.3. The number of carbonyl (C=O) groups is 1. The van der Waals surface area contributed by atoms with Gasteiger partial charge in [-0.15, -0.1) is 0 Å². The van der Waals surface area contributed by atoms with E-state index in [4.69, 9.17) is 0 Å². The Morgan fingerprint density at radius 1 is 1.08 bits per heavy atom. The minimum Gasteiger partial charge on any atom is -0.326 e. The summed E-state index contributed by atoms with van der Waals surface area (Å²) in [5, 5.41) is 2.72. The molecule has 0 unspecified atom stereocenters. The van der Waals surface area contributed by atoms with E-state index < -0.39 is 10.0 Å². The van der Waals surface area contributed by atoms with Crippen LogP contribution in [0.3, 0.4) is 0 Å². The van der Waals surface area contributed by atoms with Gasteiger partial charge in [-0.1, -0.05) is 33.6 Å². The summed E-state index contributed by atoms with van der Waals surface area (Å²) in [6, 6.07) is 12.3. The molecule has 0 aliphatic rings. The number of rotatable bonds is 6. The topological polar surface area (TPSA) is 75.3 Å². The van der Waals surface area contributed by atoms with E-state index in [1.165, 1.54) is 0 Å². The second kappa shape index (κ2) is 7.92. The minimum absolute atomic E-state index is 0.0397. The average molecular weight is 411 g/mol. The van der Waals surface area contributed by atoms with Gasteiger partial charge in [0.2, 0.25) is 15.9 Å². The Morgan fingerprint density at radius 3 is 2.38 bits per heavy atom. The fourth-order valence-corrected chi connectivity index (χ4v) is 3.75. The third kappa shape index (κ3) is 5.15. The zero-order valence-corrected chi connectivity index (χ0v) is 15.9. The molecular weight excluding hydrogens is 392 g/mol. The molecule has 0 heterocycles. The SMILES string of the molecule is Cc1ccc(S(=O)(=O)NCCC(=O)Nc2ccc(Br)cc2)c(C)c1. The molecule has 24 heavy (non-hydrogen) atoms. The van der Waals surface area contributed by atoms with Crippen LogP contribution in [-0.4, -0.2) is 20.9 Å². The fraction of sp³-hybridized carbons (Fsp3) is 0.235. The first-order valence-electron chi connectivity index (χ1n) is 7.40. The maximum absolute atomic E-state index is 12.3. The number of halogens is 1. The Bertz CT molecular complexity index is 833. The summed E-state index contributed by atoms with van der Waals surface area (Å²) < 4.78 is 28.0. The van der Waals surface area contributed by atoms with Gasteiger partial charge in [0, 0.05) is 23.1 Å². The first kappa shape index (κ1) is 18.6. The highest BCUT2D eigenvalue weighted by molar-refractivity contribution is 9.10. The maximum atomic E-state index is 12.3. The standard InChI is InChI=1S/C17H19BrN2O3S/c1-12-3-8-16(13(2)11-12)24(22,23)19-10-9-17(21)20-15-6-4-14(18)5-7-15/h3-8,11,19H,9-10H2,1-2H3,(H,20,21). The third-order valence-electron chi connectivity index (χ3n) is 3.39. The summed E-state index contributed by atoms with van der Waals surface area (Å²) in [5.41, 5.74) is 2.35. The van der Waals surface area contributed by atoms with Crippen LogP contribution in [-0.2, 0) is 14.8 Å². The van der Waals surface area contributed by atoms with Gasteiger partial charge in [-0.25, -0.2) is 13.1 Å². The van der Waals surface area contributed by atoms with Crippen molar-refractivity contribution in [2.24, 2.45) is 0 Å². The van der Waals surface area contributed by atoms with Gasteiger partial charge in [0.1, 0.15) is 0 Å². The van der Waals surface area contributed by atoms with Gasteiger partial charge >= 0.3 is 0 Å². The molecule has 2 aromatic carbocycles. The quantitative estimate of drug-likeness (QED) is 0.766. The van der Waals surface area contributed by atoms with E-state index in [2.05, 4.69) is 26.0 Å². The highest BCUT2D eigenvalue weighted by atomic mass is 79.9. The van der Waals surface area contributed by atoms with Crippen molar-refractivity contribution >= 4 is 37.5 Å². The summed E-state index contributed by atoms with van der Waals surface area (Å²) in [7, 11) is -3.62. The van der Waals surface area contributed by atoms with Gasteiger partial charge in [-0.05, 0) is 49.7 Å². The number of amides is 1. The molecule has 5 nitrogen and oxygen atoms in total. The van der Waals surface area contributed by atoms with Crippen LogP contribution in [0.25, 0.3) is 0 Å². The van der Waals surface area contributed by atoms with Crippen LogP contribution in [0.1, 0.15) is 17.5 Å². The van der Waals surface area contributed by atoms with E-state index in [-0.39, 0.29) is 23.8 Å². The van der Waals surface area contributed by atoms with Crippen molar-refractivity contribution in [2.45, 2.75) is 25.2 Å². The van der Waals surface area contributed by atoms with Crippen molar-refractivity contribution in [1.82, 2.24) is 4.72 Å². The van der Waals surface area contributed by atoms with Crippen molar-refractivity contribution in [3.63, 3.8) is 0 Å². The highest BCUT2D eigenvalue weighted by Gasteiger charge is 2.16. The predicted octanol–water partition coefficient (Wildman–Crippen LogP) is 3.37. The smallest absolute Gasteiger partial charge is 0.240 e. The Balaban J connectivity index is 1.90. The number of aryl methyl sites for hydroxylation is 2. The molecule has 0 aliphatic carbocycles. The third-order valence-corrected chi connectivity index (χ3v) is 5.54. The van der Waals surface area contributed by atoms with Crippen LogP contribution in [0.5, 0.6) is 0 Å². The number of anilines is 1. The summed E-state index contributed by atoms with van der Waals surface area (Å²) in [6.45, 7) is 3.70. The van der Waals surface area contributed by atoms with E-state index in [1.54, 1.807) is 31.2 Å². The van der Waals surface area contributed by atoms with Crippen molar-refractivity contribution < 1.29 is 13.2 Å². The van der Waals surface area contributed by atoms with Crippen LogP contribution in [0.4, 0.5) is 5.69 Å². The van der Waals surface area contributed by atoms with Gasteiger partial charge in [0.25, 0.3) is 0 Å². The van der Waals surface area contributed by atoms with Gasteiger partial charge in [0.15, 0.2) is 0 Å². The van der Waals surface area contributed by atoms with Crippen molar-refractivity contribution in [3.8, 4) is 0 Å². The monoisotopic (exact) mass is 410 g/mol. The molecule has 2 aromatic rings. The number of hydrogen-bond donors (Lipinski definition) is 2. The van der Waals surface area contributed by atoms with Gasteiger partial charge < -0.3 is 5.32 Å². The predicted molar refractivity (Wildman–Crippen MR) is 98.5 cm³/mol. The molecule has 0 atom stereocenters. The Hall–Kier alpha value is -1.70. The van der Waals surface area contributed by atoms with Crippen LogP contribution < -0.4 is 10.0 Å². The lowest BCUT2D eigenvalue weighted by Crippen LogP contribution is -2.28. The number of hydrogen-bond acceptors (Lipinski definition) is 3. The number of benzene rings is 2. The molecule has 0 fully saturated rings. The van der Waals surface area contributed by atoms with E-state index in [0.29, 0.717) is 11.3 Å². The van der Waals surface area contributed by atoms with Crippen LogP contribution in [0.15, 0.2) is 51.8 Å². The second-order valence-electron chi connectivity index (χ2n) is 5.47. The minimum atomic E-state index is -3.62. The average Bonchev–Trinajstić information content (AvgIpc) is 2.49. The second-order valence-corrected chi connectivity index (χ2v) is 8.12. The largest absolute Gasteiger partial charge is 0.326 e. The lowest BCUT2D eigenvalue weighted by atomic mass is 10.2. The van der Waals surface area contributed by atoms with Crippen molar-refractivity contribution in [2.75, 3.05) is 11.9 Å². The Kier molecular flexibility index (Phi) is 6.15.